The van der Waals surface area contributed by atoms with E-state index in [1.54, 1.807) is 31.2 Å². The number of rotatable bonds is 3. The van der Waals surface area contributed by atoms with Crippen LogP contribution in [-0.2, 0) is 0 Å². The summed E-state index contributed by atoms with van der Waals surface area (Å²) < 4.78 is 5.14. The number of benzene rings is 2. The summed E-state index contributed by atoms with van der Waals surface area (Å²) in [7, 11) is 0. The summed E-state index contributed by atoms with van der Waals surface area (Å²) in [6, 6.07) is 11.3. The molecular weight excluding hydrogens is 296 g/mol. The van der Waals surface area contributed by atoms with Gasteiger partial charge in [-0.25, -0.2) is 4.79 Å². The van der Waals surface area contributed by atoms with Gasteiger partial charge in [0.15, 0.2) is 11.4 Å². The molecule has 3 rings (SSSR count). The van der Waals surface area contributed by atoms with Gasteiger partial charge in [0.1, 0.15) is 17.1 Å². The molecule has 0 unspecified atom stereocenters. The third kappa shape index (κ3) is 2.46. The number of carbonyl (C=O) groups is 1. The molecule has 2 N–H and O–H groups in total. The molecule has 0 atom stereocenters. The van der Waals surface area contributed by atoms with Gasteiger partial charge in [-0.1, -0.05) is 37.3 Å². The molecule has 1 aromatic heterocycles. The normalized spacial score (nSPS) is 10.8. The number of ketones is 1. The number of aromatic hydroxyl groups is 2. The Balaban J connectivity index is 2.49. The molecule has 0 saturated heterocycles. The van der Waals surface area contributed by atoms with E-state index in [0.717, 1.165) is 6.07 Å². The lowest BCUT2D eigenvalue weighted by Gasteiger charge is -2.11. The Morgan fingerprint density at radius 1 is 1.09 bits per heavy atom. The summed E-state index contributed by atoms with van der Waals surface area (Å²) in [4.78, 5) is 24.0. The fourth-order valence-corrected chi connectivity index (χ4v) is 2.61. The molecule has 0 spiro atoms. The van der Waals surface area contributed by atoms with Crippen molar-refractivity contribution >= 4 is 16.8 Å². The minimum absolute atomic E-state index is 0.0878. The zero-order valence-corrected chi connectivity index (χ0v) is 12.4. The predicted octanol–water partition coefficient (Wildman–Crippen LogP) is 3.46. The van der Waals surface area contributed by atoms with Gasteiger partial charge in [0.25, 0.3) is 0 Å². The van der Waals surface area contributed by atoms with E-state index >= 15 is 0 Å². The van der Waals surface area contributed by atoms with Gasteiger partial charge in [0.2, 0.25) is 0 Å². The average Bonchev–Trinajstić information content (AvgIpc) is 2.54. The Morgan fingerprint density at radius 3 is 2.43 bits per heavy atom. The lowest BCUT2D eigenvalue weighted by atomic mass is 9.97. The van der Waals surface area contributed by atoms with Gasteiger partial charge in [-0.3, -0.25) is 4.79 Å². The number of carbonyl (C=O) groups excluding carboxylic acids is 1. The van der Waals surface area contributed by atoms with Crippen LogP contribution in [0.1, 0.15) is 23.7 Å². The number of fused-ring (bicyclic) bond motifs is 1. The molecular formula is C18H14O5. The summed E-state index contributed by atoms with van der Waals surface area (Å²) in [6.45, 7) is 1.64. The molecule has 2 aromatic carbocycles. The molecule has 116 valence electrons. The highest BCUT2D eigenvalue weighted by Gasteiger charge is 2.22. The Bertz CT molecular complexity index is 955. The number of Topliss-reactive ketones (excluding diaryl/α,β-unsaturated/α-hetero) is 1. The van der Waals surface area contributed by atoms with E-state index in [2.05, 4.69) is 0 Å². The molecule has 1 heterocycles. The maximum atomic E-state index is 12.1. The third-order valence-corrected chi connectivity index (χ3v) is 3.66. The van der Waals surface area contributed by atoms with Crippen LogP contribution in [0.3, 0.4) is 0 Å². The van der Waals surface area contributed by atoms with Crippen molar-refractivity contribution in [2.24, 2.45) is 0 Å². The molecule has 23 heavy (non-hydrogen) atoms. The van der Waals surface area contributed by atoms with Crippen molar-refractivity contribution in [3.63, 3.8) is 0 Å². The predicted molar refractivity (Wildman–Crippen MR) is 85.9 cm³/mol. The monoisotopic (exact) mass is 310 g/mol. The molecule has 0 aliphatic carbocycles. The molecule has 5 heteroatoms. The van der Waals surface area contributed by atoms with E-state index in [1.165, 1.54) is 6.07 Å². The van der Waals surface area contributed by atoms with Gasteiger partial charge < -0.3 is 14.6 Å². The minimum atomic E-state index is -0.661. The Hall–Kier alpha value is -3.08. The smallest absolute Gasteiger partial charge is 0.336 e. The quantitative estimate of drug-likeness (QED) is 0.571. The fraction of sp³-hybridized carbons (Fsp3) is 0.111. The van der Waals surface area contributed by atoms with Crippen molar-refractivity contribution in [1.29, 1.82) is 0 Å². The van der Waals surface area contributed by atoms with Crippen LogP contribution in [0.25, 0.3) is 22.1 Å². The first kappa shape index (κ1) is 14.8. The zero-order valence-electron chi connectivity index (χ0n) is 12.4. The topological polar surface area (TPSA) is 87.7 Å². The van der Waals surface area contributed by atoms with Crippen LogP contribution in [0.5, 0.6) is 11.5 Å². The number of hydrogen-bond acceptors (Lipinski definition) is 5. The van der Waals surface area contributed by atoms with E-state index in [-0.39, 0.29) is 34.5 Å². The standard InChI is InChI=1S/C18H14O5/c1-2-12(19)17-14(21)9-13(20)16-11(8-15(22)23-18(16)17)10-6-4-3-5-7-10/h3-9,20-21H,2H2,1H3. The van der Waals surface area contributed by atoms with E-state index in [0.29, 0.717) is 11.1 Å². The zero-order chi connectivity index (χ0) is 16.6. The lowest BCUT2D eigenvalue weighted by molar-refractivity contribution is 0.0986. The van der Waals surface area contributed by atoms with Crippen LogP contribution < -0.4 is 5.63 Å². The van der Waals surface area contributed by atoms with Crippen LogP contribution >= 0.6 is 0 Å². The molecule has 0 amide bonds. The molecule has 3 aromatic rings. The van der Waals surface area contributed by atoms with Gasteiger partial charge in [-0.15, -0.1) is 0 Å². The van der Waals surface area contributed by atoms with Crippen molar-refractivity contribution in [2.75, 3.05) is 0 Å². The highest BCUT2D eigenvalue weighted by Crippen LogP contribution is 2.39. The highest BCUT2D eigenvalue weighted by atomic mass is 16.4. The third-order valence-electron chi connectivity index (χ3n) is 3.66. The number of phenolic OH excluding ortho intramolecular Hbond substituents is 2. The molecule has 0 saturated carbocycles. The van der Waals surface area contributed by atoms with Crippen LogP contribution in [0.2, 0.25) is 0 Å². The summed E-state index contributed by atoms with van der Waals surface area (Å²) in [6.07, 6.45) is 0.132. The van der Waals surface area contributed by atoms with Gasteiger partial charge in [0, 0.05) is 24.1 Å². The van der Waals surface area contributed by atoms with Crippen LogP contribution in [0.4, 0.5) is 0 Å². The van der Waals surface area contributed by atoms with Crippen molar-refractivity contribution < 1.29 is 19.4 Å². The van der Waals surface area contributed by atoms with Gasteiger partial charge in [0.05, 0.1) is 5.39 Å². The van der Waals surface area contributed by atoms with Crippen molar-refractivity contribution in [1.82, 2.24) is 0 Å². The number of phenols is 2. The second-order valence-electron chi connectivity index (χ2n) is 5.12. The first-order chi connectivity index (χ1) is 11.0. The second kappa shape index (κ2) is 5.61. The molecule has 0 fully saturated rings. The maximum absolute atomic E-state index is 12.1. The molecule has 0 bridgehead atoms. The van der Waals surface area contributed by atoms with Gasteiger partial charge >= 0.3 is 5.63 Å². The summed E-state index contributed by atoms with van der Waals surface area (Å²) in [5, 5.41) is 20.5. The fourth-order valence-electron chi connectivity index (χ4n) is 2.61. The number of hydrogen-bond donors (Lipinski definition) is 2. The van der Waals surface area contributed by atoms with E-state index in [9.17, 15) is 19.8 Å². The summed E-state index contributed by atoms with van der Waals surface area (Å²) >= 11 is 0. The molecule has 0 radical (unpaired) electrons. The first-order valence-corrected chi connectivity index (χ1v) is 7.14. The maximum Gasteiger partial charge on any atom is 0.336 e. The molecule has 0 aliphatic heterocycles. The summed E-state index contributed by atoms with van der Waals surface area (Å²) in [5.41, 5.74) is 0.295. The van der Waals surface area contributed by atoms with E-state index in [1.807, 2.05) is 6.07 Å². The van der Waals surface area contributed by atoms with Crippen molar-refractivity contribution in [2.45, 2.75) is 13.3 Å². The van der Waals surface area contributed by atoms with Gasteiger partial charge in [-0.05, 0) is 5.56 Å². The Labute approximate surface area is 131 Å². The SMILES string of the molecule is CCC(=O)c1c(O)cc(O)c2c(-c3ccccc3)cc(=O)oc12. The summed E-state index contributed by atoms with van der Waals surface area (Å²) in [5.74, 6) is -1.04. The van der Waals surface area contributed by atoms with Crippen LogP contribution in [0, 0.1) is 0 Å². The minimum Gasteiger partial charge on any atom is -0.507 e. The van der Waals surface area contributed by atoms with E-state index < -0.39 is 11.4 Å². The van der Waals surface area contributed by atoms with Crippen LogP contribution in [0.15, 0.2) is 51.7 Å². The first-order valence-electron chi connectivity index (χ1n) is 7.14. The Morgan fingerprint density at radius 2 is 1.78 bits per heavy atom. The molecule has 5 nitrogen and oxygen atoms in total. The highest BCUT2D eigenvalue weighted by molar-refractivity contribution is 6.12. The lowest BCUT2D eigenvalue weighted by Crippen LogP contribution is -2.04. The van der Waals surface area contributed by atoms with Crippen LogP contribution in [-0.4, -0.2) is 16.0 Å². The molecule has 0 aliphatic rings. The average molecular weight is 310 g/mol. The van der Waals surface area contributed by atoms with Crippen molar-refractivity contribution in [3.05, 3.63) is 58.4 Å². The second-order valence-corrected chi connectivity index (χ2v) is 5.12. The van der Waals surface area contributed by atoms with Gasteiger partial charge in [-0.2, -0.15) is 0 Å². The Kier molecular flexibility index (Phi) is 3.62. The largest absolute Gasteiger partial charge is 0.507 e. The van der Waals surface area contributed by atoms with E-state index in [4.69, 9.17) is 4.42 Å². The van der Waals surface area contributed by atoms with Crippen molar-refractivity contribution in [3.8, 4) is 22.6 Å².